The van der Waals surface area contributed by atoms with E-state index in [2.05, 4.69) is 15.9 Å². The van der Waals surface area contributed by atoms with Gasteiger partial charge in [0.1, 0.15) is 0 Å². The lowest BCUT2D eigenvalue weighted by atomic mass is 10.1. The van der Waals surface area contributed by atoms with Gasteiger partial charge in [-0.05, 0) is 43.5 Å². The quantitative estimate of drug-likeness (QED) is 0.742. The topological polar surface area (TPSA) is 20.3 Å². The van der Waals surface area contributed by atoms with E-state index < -0.39 is 0 Å². The highest BCUT2D eigenvalue weighted by atomic mass is 79.9. The van der Waals surface area contributed by atoms with Crippen LogP contribution >= 0.6 is 27.5 Å². The van der Waals surface area contributed by atoms with Crippen LogP contribution in [0.25, 0.3) is 0 Å². The fraction of sp³-hybridized carbons (Fsp3) is 0.533. The predicted molar refractivity (Wildman–Crippen MR) is 82.9 cm³/mol. The molecule has 104 valence electrons. The number of hydrogen-bond acceptors (Lipinski definition) is 1. The number of benzene rings is 1. The van der Waals surface area contributed by atoms with Gasteiger partial charge < -0.3 is 4.90 Å². The van der Waals surface area contributed by atoms with Crippen LogP contribution in [-0.2, 0) is 0 Å². The minimum absolute atomic E-state index is 0.108. The number of amides is 1. The van der Waals surface area contributed by atoms with Crippen molar-refractivity contribution in [3.63, 3.8) is 0 Å². The second-order valence-corrected chi connectivity index (χ2v) is 6.44. The van der Waals surface area contributed by atoms with Gasteiger partial charge in [0.05, 0.1) is 0 Å². The average molecular weight is 345 g/mol. The zero-order chi connectivity index (χ0) is 13.8. The summed E-state index contributed by atoms with van der Waals surface area (Å²) in [4.78, 5) is 14.6. The van der Waals surface area contributed by atoms with E-state index in [-0.39, 0.29) is 5.91 Å². The van der Waals surface area contributed by atoms with Crippen LogP contribution in [0.5, 0.6) is 0 Å². The Morgan fingerprint density at radius 1 is 1.37 bits per heavy atom. The van der Waals surface area contributed by atoms with Crippen molar-refractivity contribution >= 4 is 33.4 Å². The lowest BCUT2D eigenvalue weighted by molar-refractivity contribution is 0.0695. The van der Waals surface area contributed by atoms with Gasteiger partial charge in [0.2, 0.25) is 0 Å². The lowest BCUT2D eigenvalue weighted by Crippen LogP contribution is -2.40. The molecule has 0 aromatic heterocycles. The fourth-order valence-electron chi connectivity index (χ4n) is 2.78. The van der Waals surface area contributed by atoms with Crippen LogP contribution in [0.15, 0.2) is 22.7 Å². The highest BCUT2D eigenvalue weighted by Crippen LogP contribution is 2.26. The molecule has 2 nitrogen and oxygen atoms in total. The van der Waals surface area contributed by atoms with Crippen molar-refractivity contribution in [3.05, 3.63) is 33.8 Å². The number of hydrogen-bond donors (Lipinski definition) is 0. The van der Waals surface area contributed by atoms with E-state index in [1.807, 2.05) is 30.0 Å². The highest BCUT2D eigenvalue weighted by Gasteiger charge is 2.27. The summed E-state index contributed by atoms with van der Waals surface area (Å²) in [6.07, 6.45) is 4.65. The van der Waals surface area contributed by atoms with Crippen LogP contribution in [0.2, 0.25) is 0 Å². The molecule has 19 heavy (non-hydrogen) atoms. The van der Waals surface area contributed by atoms with Crippen LogP contribution in [-0.4, -0.2) is 29.3 Å². The number of carbonyl (C=O) groups is 1. The number of carbonyl (C=O) groups excluding carboxylic acids is 1. The lowest BCUT2D eigenvalue weighted by Gasteiger charge is -2.28. The van der Waals surface area contributed by atoms with E-state index in [4.69, 9.17) is 11.6 Å². The Kier molecular flexibility index (Phi) is 5.28. The molecule has 0 saturated heterocycles. The van der Waals surface area contributed by atoms with Crippen molar-refractivity contribution in [2.45, 2.75) is 38.6 Å². The molecular formula is C15H19BrClNO. The number of halogens is 2. The fourth-order valence-corrected chi connectivity index (χ4v) is 3.57. The third-order valence-corrected chi connectivity index (χ3v) is 4.27. The predicted octanol–water partition coefficient (Wildman–Crippen LogP) is 4.38. The van der Waals surface area contributed by atoms with E-state index in [0.29, 0.717) is 18.5 Å². The maximum Gasteiger partial charge on any atom is 0.254 e. The monoisotopic (exact) mass is 343 g/mol. The molecule has 0 N–H and O–H groups in total. The summed E-state index contributed by atoms with van der Waals surface area (Å²) in [5.41, 5.74) is 1.85. The summed E-state index contributed by atoms with van der Waals surface area (Å²) in [6, 6.07) is 6.22. The van der Waals surface area contributed by atoms with Crippen molar-refractivity contribution in [2.75, 3.05) is 12.4 Å². The minimum atomic E-state index is 0.108. The standard InChI is InChI=1S/C15H19BrClNO/c1-11-8-12(10-13(16)9-11)15(19)18(7-6-17)14-4-2-3-5-14/h8-10,14H,2-7H2,1H3. The molecule has 1 aliphatic rings. The summed E-state index contributed by atoms with van der Waals surface area (Å²) in [5.74, 6) is 0.604. The van der Waals surface area contributed by atoms with E-state index in [0.717, 1.165) is 28.4 Å². The van der Waals surface area contributed by atoms with Crippen LogP contribution in [0.4, 0.5) is 0 Å². The molecule has 0 spiro atoms. The van der Waals surface area contributed by atoms with Crippen molar-refractivity contribution in [1.29, 1.82) is 0 Å². The molecule has 1 aromatic carbocycles. The molecule has 0 heterocycles. The molecule has 2 rings (SSSR count). The molecule has 0 aliphatic heterocycles. The van der Waals surface area contributed by atoms with Gasteiger partial charge in [0.15, 0.2) is 0 Å². The second-order valence-electron chi connectivity index (χ2n) is 5.14. The van der Waals surface area contributed by atoms with Crippen molar-refractivity contribution < 1.29 is 4.79 Å². The summed E-state index contributed by atoms with van der Waals surface area (Å²) in [5, 5.41) is 0. The van der Waals surface area contributed by atoms with Crippen LogP contribution < -0.4 is 0 Å². The molecular weight excluding hydrogens is 326 g/mol. The molecule has 0 unspecified atom stereocenters. The molecule has 1 fully saturated rings. The van der Waals surface area contributed by atoms with Gasteiger partial charge >= 0.3 is 0 Å². The number of rotatable bonds is 4. The number of nitrogens with zero attached hydrogens (tertiary/aromatic N) is 1. The first kappa shape index (κ1) is 14.9. The van der Waals surface area contributed by atoms with E-state index in [1.165, 1.54) is 12.8 Å². The van der Waals surface area contributed by atoms with Gasteiger partial charge in [0, 0.05) is 28.5 Å². The zero-order valence-electron chi connectivity index (χ0n) is 11.2. The molecule has 1 aliphatic carbocycles. The van der Waals surface area contributed by atoms with E-state index >= 15 is 0 Å². The first-order chi connectivity index (χ1) is 9.11. The first-order valence-corrected chi connectivity index (χ1v) is 8.08. The average Bonchev–Trinajstić information content (AvgIpc) is 2.87. The molecule has 0 bridgehead atoms. The third-order valence-electron chi connectivity index (χ3n) is 3.64. The van der Waals surface area contributed by atoms with Gasteiger partial charge in [-0.3, -0.25) is 4.79 Å². The Labute approximate surface area is 128 Å². The Hall–Kier alpha value is -0.540. The van der Waals surface area contributed by atoms with Crippen LogP contribution in [0, 0.1) is 6.92 Å². The maximum absolute atomic E-state index is 12.7. The molecule has 1 saturated carbocycles. The van der Waals surface area contributed by atoms with Gasteiger partial charge in [0.25, 0.3) is 5.91 Å². The summed E-state index contributed by atoms with van der Waals surface area (Å²) in [7, 11) is 0. The number of aryl methyl sites for hydroxylation is 1. The summed E-state index contributed by atoms with van der Waals surface area (Å²) >= 11 is 9.32. The maximum atomic E-state index is 12.7. The Bertz CT molecular complexity index is 437. The number of alkyl halides is 1. The largest absolute Gasteiger partial charge is 0.334 e. The Balaban J connectivity index is 2.22. The zero-order valence-corrected chi connectivity index (χ0v) is 13.5. The van der Waals surface area contributed by atoms with Crippen molar-refractivity contribution in [2.24, 2.45) is 0 Å². The third kappa shape index (κ3) is 3.73. The molecule has 1 aromatic rings. The molecule has 0 radical (unpaired) electrons. The van der Waals surface area contributed by atoms with E-state index in [9.17, 15) is 4.79 Å². The normalized spacial score (nSPS) is 15.7. The summed E-state index contributed by atoms with van der Waals surface area (Å²) in [6.45, 7) is 2.64. The van der Waals surface area contributed by atoms with Gasteiger partial charge in [-0.25, -0.2) is 0 Å². The molecule has 0 atom stereocenters. The van der Waals surface area contributed by atoms with Crippen LogP contribution in [0.1, 0.15) is 41.6 Å². The Morgan fingerprint density at radius 2 is 2.05 bits per heavy atom. The van der Waals surface area contributed by atoms with E-state index in [1.54, 1.807) is 0 Å². The smallest absolute Gasteiger partial charge is 0.254 e. The highest BCUT2D eigenvalue weighted by molar-refractivity contribution is 9.10. The van der Waals surface area contributed by atoms with Gasteiger partial charge in [-0.15, -0.1) is 11.6 Å². The van der Waals surface area contributed by atoms with Crippen LogP contribution in [0.3, 0.4) is 0 Å². The minimum Gasteiger partial charge on any atom is -0.334 e. The second kappa shape index (κ2) is 6.76. The molecule has 4 heteroatoms. The Morgan fingerprint density at radius 3 is 2.63 bits per heavy atom. The van der Waals surface area contributed by atoms with Crippen molar-refractivity contribution in [3.8, 4) is 0 Å². The van der Waals surface area contributed by atoms with Gasteiger partial charge in [-0.1, -0.05) is 28.8 Å². The SMILES string of the molecule is Cc1cc(Br)cc(C(=O)N(CCCl)C2CCCC2)c1. The van der Waals surface area contributed by atoms with Crippen molar-refractivity contribution in [1.82, 2.24) is 4.90 Å². The molecule has 1 amide bonds. The first-order valence-electron chi connectivity index (χ1n) is 6.76. The summed E-state index contributed by atoms with van der Waals surface area (Å²) < 4.78 is 0.952. The van der Waals surface area contributed by atoms with Gasteiger partial charge in [-0.2, -0.15) is 0 Å².